The molecule has 2 aromatic rings. The number of H-pyrrole nitrogens is 1. The number of hydrogen-bond donors (Lipinski definition) is 2. The van der Waals surface area contributed by atoms with Crippen LogP contribution in [0.25, 0.3) is 0 Å². The SMILES string of the molecule is Cc1cn(C2COC3COC(c4ccccc4)OC3C2O)c(=O)[nH]c1=O. The van der Waals surface area contributed by atoms with Crippen LogP contribution in [0.15, 0.2) is 46.1 Å². The van der Waals surface area contributed by atoms with Crippen LogP contribution in [0.3, 0.4) is 0 Å². The first-order valence-electron chi connectivity index (χ1n) is 8.48. The van der Waals surface area contributed by atoms with Crippen LogP contribution in [-0.2, 0) is 14.2 Å². The van der Waals surface area contributed by atoms with E-state index in [0.29, 0.717) is 5.56 Å². The summed E-state index contributed by atoms with van der Waals surface area (Å²) in [6.07, 6.45) is -1.21. The smallest absolute Gasteiger partial charge is 0.328 e. The lowest BCUT2D eigenvalue weighted by Crippen LogP contribution is -2.57. The fourth-order valence-electron chi connectivity index (χ4n) is 3.39. The van der Waals surface area contributed by atoms with Crippen LogP contribution in [0.1, 0.15) is 23.5 Å². The Balaban J connectivity index is 1.60. The zero-order valence-electron chi connectivity index (χ0n) is 14.2. The van der Waals surface area contributed by atoms with Crippen molar-refractivity contribution in [2.45, 2.75) is 37.6 Å². The average molecular weight is 360 g/mol. The Morgan fingerprint density at radius 2 is 1.92 bits per heavy atom. The summed E-state index contributed by atoms with van der Waals surface area (Å²) in [5.74, 6) is 0. The van der Waals surface area contributed by atoms with Gasteiger partial charge in [0, 0.05) is 17.3 Å². The highest BCUT2D eigenvalue weighted by Gasteiger charge is 2.45. The molecule has 0 amide bonds. The van der Waals surface area contributed by atoms with E-state index in [-0.39, 0.29) is 13.2 Å². The van der Waals surface area contributed by atoms with Crippen molar-refractivity contribution < 1.29 is 19.3 Å². The Morgan fingerprint density at radius 3 is 2.69 bits per heavy atom. The third-order valence-electron chi connectivity index (χ3n) is 4.85. The van der Waals surface area contributed by atoms with Gasteiger partial charge in [0.25, 0.3) is 5.56 Å². The van der Waals surface area contributed by atoms with Crippen molar-refractivity contribution in [1.29, 1.82) is 0 Å². The second kappa shape index (κ2) is 6.81. The molecule has 138 valence electrons. The first-order valence-corrected chi connectivity index (χ1v) is 8.48. The summed E-state index contributed by atoms with van der Waals surface area (Å²) in [6, 6.07) is 8.77. The van der Waals surface area contributed by atoms with Crippen LogP contribution in [-0.4, -0.2) is 46.2 Å². The molecular weight excluding hydrogens is 340 g/mol. The second-order valence-electron chi connectivity index (χ2n) is 6.59. The molecular formula is C18H20N2O6. The molecule has 0 saturated carbocycles. The molecule has 26 heavy (non-hydrogen) atoms. The van der Waals surface area contributed by atoms with Gasteiger partial charge in [0.15, 0.2) is 6.29 Å². The second-order valence-corrected chi connectivity index (χ2v) is 6.59. The van der Waals surface area contributed by atoms with E-state index < -0.39 is 41.9 Å². The van der Waals surface area contributed by atoms with Crippen LogP contribution >= 0.6 is 0 Å². The van der Waals surface area contributed by atoms with Gasteiger partial charge in [-0.05, 0) is 6.92 Å². The Morgan fingerprint density at radius 1 is 1.15 bits per heavy atom. The number of rotatable bonds is 2. The minimum absolute atomic E-state index is 0.121. The molecule has 8 nitrogen and oxygen atoms in total. The van der Waals surface area contributed by atoms with Gasteiger partial charge in [-0.15, -0.1) is 0 Å². The number of aromatic nitrogens is 2. The molecule has 1 aromatic heterocycles. The number of aromatic amines is 1. The Hall–Kier alpha value is -2.26. The summed E-state index contributed by atoms with van der Waals surface area (Å²) >= 11 is 0. The standard InChI is InChI=1S/C18H20N2O6/c1-10-7-20(18(23)19-16(10)22)12-8-24-13-9-25-17(26-15(13)14(12)21)11-5-3-2-4-6-11/h2-7,12-15,17,21H,8-9H2,1H3,(H,19,22,23). The number of benzene rings is 1. The summed E-state index contributed by atoms with van der Waals surface area (Å²) in [7, 11) is 0. The number of ether oxygens (including phenoxy) is 3. The molecule has 5 unspecified atom stereocenters. The van der Waals surface area contributed by atoms with Crippen molar-refractivity contribution in [3.8, 4) is 0 Å². The van der Waals surface area contributed by atoms with Crippen LogP contribution in [0.5, 0.6) is 0 Å². The largest absolute Gasteiger partial charge is 0.388 e. The number of aliphatic hydroxyl groups excluding tert-OH is 1. The van der Waals surface area contributed by atoms with Gasteiger partial charge in [0.05, 0.1) is 19.3 Å². The number of hydrogen-bond acceptors (Lipinski definition) is 6. The van der Waals surface area contributed by atoms with Crippen molar-refractivity contribution in [2.24, 2.45) is 0 Å². The summed E-state index contributed by atoms with van der Waals surface area (Å²) < 4.78 is 18.7. The van der Waals surface area contributed by atoms with Crippen molar-refractivity contribution in [3.05, 3.63) is 68.5 Å². The van der Waals surface area contributed by atoms with Crippen molar-refractivity contribution >= 4 is 0 Å². The van der Waals surface area contributed by atoms with Crippen LogP contribution < -0.4 is 11.2 Å². The summed E-state index contributed by atoms with van der Waals surface area (Å²) in [6.45, 7) is 2.01. The zero-order chi connectivity index (χ0) is 18.3. The number of aryl methyl sites for hydroxylation is 1. The lowest BCUT2D eigenvalue weighted by molar-refractivity contribution is -0.306. The lowest BCUT2D eigenvalue weighted by atomic mass is 9.96. The highest BCUT2D eigenvalue weighted by Crippen LogP contribution is 2.34. The van der Waals surface area contributed by atoms with Gasteiger partial charge in [-0.1, -0.05) is 30.3 Å². The maximum Gasteiger partial charge on any atom is 0.328 e. The van der Waals surface area contributed by atoms with Gasteiger partial charge in [-0.2, -0.15) is 0 Å². The van der Waals surface area contributed by atoms with Crippen LogP contribution in [0.2, 0.25) is 0 Å². The summed E-state index contributed by atoms with van der Waals surface area (Å²) in [5.41, 5.74) is 0.200. The molecule has 4 rings (SSSR count). The number of nitrogens with one attached hydrogen (secondary N) is 1. The molecule has 0 radical (unpaired) electrons. The molecule has 1 aromatic carbocycles. The molecule has 0 aliphatic carbocycles. The van der Waals surface area contributed by atoms with Crippen molar-refractivity contribution in [1.82, 2.24) is 9.55 Å². The van der Waals surface area contributed by atoms with Crippen molar-refractivity contribution in [2.75, 3.05) is 13.2 Å². The first kappa shape index (κ1) is 17.2. The maximum atomic E-state index is 12.2. The number of aliphatic hydroxyl groups is 1. The minimum Gasteiger partial charge on any atom is -0.388 e. The van der Waals surface area contributed by atoms with E-state index in [1.165, 1.54) is 10.8 Å². The Bertz CT molecular complexity index is 893. The monoisotopic (exact) mass is 360 g/mol. The van der Waals surface area contributed by atoms with E-state index in [1.54, 1.807) is 6.92 Å². The van der Waals surface area contributed by atoms with Gasteiger partial charge in [0.2, 0.25) is 0 Å². The third-order valence-corrected chi connectivity index (χ3v) is 4.85. The van der Waals surface area contributed by atoms with Crippen LogP contribution in [0.4, 0.5) is 0 Å². The molecule has 3 heterocycles. The van der Waals surface area contributed by atoms with Gasteiger partial charge < -0.3 is 19.3 Å². The maximum absolute atomic E-state index is 12.2. The Labute approximate surface area is 149 Å². The normalized spacial score (nSPS) is 31.4. The first-order chi connectivity index (χ1) is 12.5. The Kier molecular flexibility index (Phi) is 4.49. The average Bonchev–Trinajstić information content (AvgIpc) is 2.66. The molecule has 2 N–H and O–H groups in total. The molecule has 8 heteroatoms. The van der Waals surface area contributed by atoms with Gasteiger partial charge in [-0.3, -0.25) is 14.3 Å². The van der Waals surface area contributed by atoms with E-state index in [4.69, 9.17) is 14.2 Å². The molecule has 0 bridgehead atoms. The van der Waals surface area contributed by atoms with E-state index in [0.717, 1.165) is 5.56 Å². The highest BCUT2D eigenvalue weighted by molar-refractivity contribution is 5.16. The van der Waals surface area contributed by atoms with E-state index in [2.05, 4.69) is 4.98 Å². The van der Waals surface area contributed by atoms with Crippen LogP contribution in [0, 0.1) is 6.92 Å². The number of nitrogens with zero attached hydrogens (tertiary/aromatic N) is 1. The molecule has 2 aliphatic heterocycles. The molecule has 2 fully saturated rings. The molecule has 5 atom stereocenters. The predicted molar refractivity (Wildman–Crippen MR) is 90.9 cm³/mol. The van der Waals surface area contributed by atoms with Gasteiger partial charge in [0.1, 0.15) is 18.3 Å². The fraction of sp³-hybridized carbons (Fsp3) is 0.444. The highest BCUT2D eigenvalue weighted by atomic mass is 16.7. The van der Waals surface area contributed by atoms with Crippen molar-refractivity contribution in [3.63, 3.8) is 0 Å². The molecule has 2 saturated heterocycles. The zero-order valence-corrected chi connectivity index (χ0v) is 14.2. The summed E-state index contributed by atoms with van der Waals surface area (Å²) in [4.78, 5) is 26.0. The van der Waals surface area contributed by atoms with E-state index in [9.17, 15) is 14.7 Å². The lowest BCUT2D eigenvalue weighted by Gasteiger charge is -2.45. The van der Waals surface area contributed by atoms with Gasteiger partial charge >= 0.3 is 5.69 Å². The van der Waals surface area contributed by atoms with E-state index in [1.807, 2.05) is 30.3 Å². The molecule has 0 spiro atoms. The minimum atomic E-state index is -0.980. The third kappa shape index (κ3) is 3.01. The fourth-order valence-corrected chi connectivity index (χ4v) is 3.39. The molecule has 2 aliphatic rings. The quantitative estimate of drug-likeness (QED) is 0.796. The predicted octanol–water partition coefficient (Wildman–Crippen LogP) is 0.260. The van der Waals surface area contributed by atoms with Gasteiger partial charge in [-0.25, -0.2) is 4.79 Å². The summed E-state index contributed by atoms with van der Waals surface area (Å²) in [5, 5.41) is 10.9. The van der Waals surface area contributed by atoms with E-state index >= 15 is 0 Å². The number of fused-ring (bicyclic) bond motifs is 1. The topological polar surface area (TPSA) is 103 Å².